The summed E-state index contributed by atoms with van der Waals surface area (Å²) in [6, 6.07) is 16.3. The quantitative estimate of drug-likeness (QED) is 0.123. The van der Waals surface area contributed by atoms with Crippen molar-refractivity contribution in [1.82, 2.24) is 9.80 Å². The first-order valence-electron chi connectivity index (χ1n) is 16.3. The van der Waals surface area contributed by atoms with Gasteiger partial charge in [0.05, 0.1) is 22.3 Å². The van der Waals surface area contributed by atoms with Gasteiger partial charge in [-0.25, -0.2) is 0 Å². The summed E-state index contributed by atoms with van der Waals surface area (Å²) in [6.45, 7) is 5.24. The summed E-state index contributed by atoms with van der Waals surface area (Å²) in [7, 11) is 0. The van der Waals surface area contributed by atoms with Crippen molar-refractivity contribution in [2.45, 2.75) is 78.1 Å². The van der Waals surface area contributed by atoms with Crippen molar-refractivity contribution in [2.24, 2.45) is 0 Å². The fraction of sp³-hybridized carbons (Fsp3) is 0.368. The second-order valence-corrected chi connectivity index (χ2v) is 12.7. The lowest BCUT2D eigenvalue weighted by molar-refractivity contribution is 0.0636. The molecule has 0 unspecified atom stereocenters. The van der Waals surface area contributed by atoms with E-state index in [-0.39, 0.29) is 23.6 Å². The molecule has 0 spiro atoms. The molecule has 0 radical (unpaired) electrons. The van der Waals surface area contributed by atoms with Crippen LogP contribution < -0.4 is 0 Å². The molecule has 0 aromatic heterocycles. The number of amides is 4. The lowest BCUT2D eigenvalue weighted by Crippen LogP contribution is -2.30. The highest BCUT2D eigenvalue weighted by molar-refractivity contribution is 6.24. The maximum Gasteiger partial charge on any atom is 0.261 e. The predicted molar refractivity (Wildman–Crippen MR) is 173 cm³/mol. The summed E-state index contributed by atoms with van der Waals surface area (Å²) in [5.41, 5.74) is 6.87. The van der Waals surface area contributed by atoms with E-state index in [9.17, 15) is 19.2 Å². The van der Waals surface area contributed by atoms with Crippen molar-refractivity contribution in [2.75, 3.05) is 13.1 Å². The number of nitrogens with zero attached hydrogens (tertiary/aromatic N) is 2. The van der Waals surface area contributed by atoms with Crippen LogP contribution in [0.25, 0.3) is 21.5 Å². The predicted octanol–water partition coefficient (Wildman–Crippen LogP) is 7.84. The molecular formula is C38H38N2O4. The minimum absolute atomic E-state index is 0.182. The molecule has 224 valence electrons. The summed E-state index contributed by atoms with van der Waals surface area (Å²) in [6.07, 6.45) is 9.62. The molecule has 0 saturated carbocycles. The third-order valence-corrected chi connectivity index (χ3v) is 9.72. The summed E-state index contributed by atoms with van der Waals surface area (Å²) in [4.78, 5) is 55.5. The molecule has 1 aliphatic carbocycles. The van der Waals surface area contributed by atoms with Gasteiger partial charge in [-0.2, -0.15) is 0 Å². The fourth-order valence-corrected chi connectivity index (χ4v) is 7.23. The van der Waals surface area contributed by atoms with E-state index in [1.54, 1.807) is 0 Å². The molecular weight excluding hydrogens is 548 g/mol. The average molecular weight is 587 g/mol. The topological polar surface area (TPSA) is 74.8 Å². The van der Waals surface area contributed by atoms with Crippen molar-refractivity contribution in [3.63, 3.8) is 0 Å². The summed E-state index contributed by atoms with van der Waals surface area (Å²) in [5, 5.41) is 3.90. The number of fused-ring (bicyclic) bond motifs is 6. The monoisotopic (exact) mass is 586 g/mol. The van der Waals surface area contributed by atoms with Crippen LogP contribution in [0.15, 0.2) is 48.5 Å². The molecule has 4 aromatic carbocycles. The van der Waals surface area contributed by atoms with Crippen LogP contribution in [0.2, 0.25) is 0 Å². The van der Waals surface area contributed by atoms with E-state index < -0.39 is 0 Å². The molecule has 4 aromatic rings. The van der Waals surface area contributed by atoms with Crippen LogP contribution in [0.4, 0.5) is 0 Å². The highest BCUT2D eigenvalue weighted by atomic mass is 16.2. The Labute approximate surface area is 258 Å². The molecule has 44 heavy (non-hydrogen) atoms. The Balaban J connectivity index is 1.17. The van der Waals surface area contributed by atoms with Crippen LogP contribution >= 0.6 is 0 Å². The zero-order valence-corrected chi connectivity index (χ0v) is 25.6. The van der Waals surface area contributed by atoms with Crippen molar-refractivity contribution >= 4 is 45.2 Å². The van der Waals surface area contributed by atoms with E-state index in [1.807, 2.05) is 24.3 Å². The molecule has 6 nitrogen and oxygen atoms in total. The van der Waals surface area contributed by atoms with E-state index in [1.165, 1.54) is 32.1 Å². The van der Waals surface area contributed by atoms with Gasteiger partial charge >= 0.3 is 0 Å². The van der Waals surface area contributed by atoms with Crippen LogP contribution in [0.1, 0.15) is 129 Å². The Morgan fingerprint density at radius 1 is 0.432 bits per heavy atom. The second-order valence-electron chi connectivity index (χ2n) is 12.7. The number of carbonyl (C=O) groups excluding carboxylic acids is 4. The van der Waals surface area contributed by atoms with Gasteiger partial charge in [0.1, 0.15) is 0 Å². The Bertz CT molecular complexity index is 1630. The molecule has 0 fully saturated rings. The highest BCUT2D eigenvalue weighted by Gasteiger charge is 2.37. The molecule has 7 rings (SSSR count). The lowest BCUT2D eigenvalue weighted by Gasteiger charge is -2.21. The zero-order valence-electron chi connectivity index (χ0n) is 25.6. The van der Waals surface area contributed by atoms with E-state index >= 15 is 0 Å². The molecule has 2 aliphatic heterocycles. The number of hydrogen-bond acceptors (Lipinski definition) is 4. The summed E-state index contributed by atoms with van der Waals surface area (Å²) < 4.78 is 0. The molecule has 0 bridgehead atoms. The van der Waals surface area contributed by atoms with Gasteiger partial charge in [-0.3, -0.25) is 29.0 Å². The molecule has 0 N–H and O–H groups in total. The van der Waals surface area contributed by atoms with E-state index in [2.05, 4.69) is 38.1 Å². The number of rotatable bonds is 10. The summed E-state index contributed by atoms with van der Waals surface area (Å²) >= 11 is 0. The number of benzene rings is 4. The van der Waals surface area contributed by atoms with Crippen molar-refractivity contribution < 1.29 is 19.2 Å². The molecule has 3 aliphatic rings. The van der Waals surface area contributed by atoms with Crippen LogP contribution in [0.3, 0.4) is 0 Å². The smallest absolute Gasteiger partial charge is 0.261 e. The van der Waals surface area contributed by atoms with Crippen molar-refractivity contribution in [3.05, 3.63) is 93.0 Å². The highest BCUT2D eigenvalue weighted by Crippen LogP contribution is 2.37. The fourth-order valence-electron chi connectivity index (χ4n) is 7.23. The SMILES string of the molecule is CCCCCCN1C(=O)c2cc3cc4c(cc3cc2C1=O)Cc1cc2cc3c(cc2cc1C4)C(=O)N(CCCCCC)C3=O. The third-order valence-electron chi connectivity index (χ3n) is 9.72. The van der Waals surface area contributed by atoms with Crippen LogP contribution in [0, 0.1) is 0 Å². The third kappa shape index (κ3) is 4.72. The largest absolute Gasteiger partial charge is 0.274 e. The van der Waals surface area contributed by atoms with E-state index in [0.29, 0.717) is 35.3 Å². The molecule has 4 amide bonds. The van der Waals surface area contributed by atoms with Crippen molar-refractivity contribution in [1.29, 1.82) is 0 Å². The Morgan fingerprint density at radius 3 is 1.00 bits per heavy atom. The van der Waals surface area contributed by atoms with Crippen molar-refractivity contribution in [3.8, 4) is 0 Å². The van der Waals surface area contributed by atoms with Gasteiger partial charge in [-0.15, -0.1) is 0 Å². The van der Waals surface area contributed by atoms with Gasteiger partial charge in [-0.05, 0) is 93.7 Å². The zero-order chi connectivity index (χ0) is 30.5. The molecule has 6 heteroatoms. The minimum Gasteiger partial charge on any atom is -0.274 e. The summed E-state index contributed by atoms with van der Waals surface area (Å²) in [5.74, 6) is -0.730. The first-order chi connectivity index (χ1) is 21.4. The Morgan fingerprint density at radius 2 is 0.727 bits per heavy atom. The van der Waals surface area contributed by atoms with E-state index in [0.717, 1.165) is 85.8 Å². The minimum atomic E-state index is -0.182. The number of unbranched alkanes of at least 4 members (excludes halogenated alkanes) is 6. The molecule has 0 atom stereocenters. The van der Waals surface area contributed by atoms with Crippen LogP contribution in [-0.4, -0.2) is 46.5 Å². The van der Waals surface area contributed by atoms with Gasteiger partial charge in [0, 0.05) is 13.1 Å². The second kappa shape index (κ2) is 11.3. The van der Waals surface area contributed by atoms with Gasteiger partial charge in [0.25, 0.3) is 23.6 Å². The number of hydrogen-bond donors (Lipinski definition) is 0. The van der Waals surface area contributed by atoms with Gasteiger partial charge in [-0.1, -0.05) is 76.6 Å². The maximum atomic E-state index is 13.2. The maximum absolute atomic E-state index is 13.2. The normalized spacial score (nSPS) is 15.4. The van der Waals surface area contributed by atoms with Crippen LogP contribution in [-0.2, 0) is 12.8 Å². The standard InChI is InChI=1S/C38H38N2O4/c1-3-5-7-9-11-39-35(41)31-19-27-15-23-13-25-17-29-21-33-34(38(44)40(37(33)43)12-10-8-6-4-2)22-30(29)18-26(25)14-24(23)16-28(27)20-32(31)36(39)42/h15-22H,3-14H2,1-2H3. The average Bonchev–Trinajstić information content (AvgIpc) is 3.39. The number of carbonyl (C=O) groups is 4. The van der Waals surface area contributed by atoms with Gasteiger partial charge in [0.15, 0.2) is 0 Å². The number of imide groups is 2. The lowest BCUT2D eigenvalue weighted by atomic mass is 9.82. The Kier molecular flexibility index (Phi) is 7.31. The molecule has 2 heterocycles. The Hall–Kier alpha value is -4.32. The molecule has 0 saturated heterocycles. The van der Waals surface area contributed by atoms with Crippen LogP contribution in [0.5, 0.6) is 0 Å². The van der Waals surface area contributed by atoms with E-state index in [4.69, 9.17) is 0 Å². The van der Waals surface area contributed by atoms with Gasteiger partial charge in [0.2, 0.25) is 0 Å². The first-order valence-corrected chi connectivity index (χ1v) is 16.3. The van der Waals surface area contributed by atoms with Gasteiger partial charge < -0.3 is 0 Å². The first kappa shape index (κ1) is 28.5.